The van der Waals surface area contributed by atoms with E-state index in [1.54, 1.807) is 30.3 Å². The van der Waals surface area contributed by atoms with E-state index in [9.17, 15) is 18.3 Å². The Morgan fingerprint density at radius 2 is 1.96 bits per heavy atom. The number of aliphatic carboxylic acids is 1. The molecule has 1 unspecified atom stereocenters. The number of carbonyl (C=O) groups is 1. The molecular weight excluding hydrogens is 430 g/mol. The molecule has 1 aromatic rings. The predicted octanol–water partition coefficient (Wildman–Crippen LogP) is 4.06. The van der Waals surface area contributed by atoms with Crippen LogP contribution in [0.5, 0.6) is 0 Å². The summed E-state index contributed by atoms with van der Waals surface area (Å²) in [6, 6.07) is 6.53. The maximum absolute atomic E-state index is 12.6. The Balaban J connectivity index is 1.74. The second kappa shape index (κ2) is 8.45. The Bertz CT molecular complexity index is 793. The van der Waals surface area contributed by atoms with Crippen molar-refractivity contribution in [3.63, 3.8) is 0 Å². The zero-order valence-corrected chi connectivity index (χ0v) is 17.6. The molecule has 0 aromatic heterocycles. The van der Waals surface area contributed by atoms with Gasteiger partial charge in [0.1, 0.15) is 0 Å². The van der Waals surface area contributed by atoms with Gasteiger partial charge in [0.25, 0.3) is 0 Å². The topological polar surface area (TPSA) is 83.5 Å². The van der Waals surface area contributed by atoms with E-state index < -0.39 is 21.9 Å². The van der Waals surface area contributed by atoms with Crippen LogP contribution in [-0.2, 0) is 14.8 Å². The maximum Gasteiger partial charge on any atom is 0.306 e. The van der Waals surface area contributed by atoms with Gasteiger partial charge in [-0.05, 0) is 80.0 Å². The standard InChI is InChI=1S/C20H26BrNO4S/c1-2-3-4-17(20(23)24)19-14-6-5-13(11-14)18(19)12-22-27(25,26)16-9-7-15(21)8-10-16/h2,7-10,13-14,17-19,22H,1,3-6,11-12H2,(H,23,24)/t13-,14+,17?,18-,19-/m1/s1. The molecule has 2 aliphatic carbocycles. The largest absolute Gasteiger partial charge is 0.481 e. The molecular formula is C20H26BrNO4S. The van der Waals surface area contributed by atoms with E-state index in [1.807, 2.05) is 0 Å². The van der Waals surface area contributed by atoms with Crippen LogP contribution in [0.25, 0.3) is 0 Å². The first-order valence-electron chi connectivity index (χ1n) is 9.42. The molecule has 0 amide bonds. The lowest BCUT2D eigenvalue weighted by atomic mass is 9.71. The summed E-state index contributed by atoms with van der Waals surface area (Å²) in [5, 5.41) is 9.76. The first-order valence-corrected chi connectivity index (χ1v) is 11.7. The van der Waals surface area contributed by atoms with Crippen LogP contribution >= 0.6 is 15.9 Å². The fourth-order valence-corrected chi connectivity index (χ4v) is 6.40. The molecule has 0 radical (unpaired) electrons. The van der Waals surface area contributed by atoms with Crippen molar-refractivity contribution in [2.45, 2.75) is 37.0 Å². The molecule has 7 heteroatoms. The predicted molar refractivity (Wildman–Crippen MR) is 108 cm³/mol. The van der Waals surface area contributed by atoms with Gasteiger partial charge in [-0.2, -0.15) is 0 Å². The monoisotopic (exact) mass is 455 g/mol. The Morgan fingerprint density at radius 3 is 2.59 bits per heavy atom. The van der Waals surface area contributed by atoms with Crippen molar-refractivity contribution >= 4 is 31.9 Å². The highest BCUT2D eigenvalue weighted by molar-refractivity contribution is 9.10. The van der Waals surface area contributed by atoms with Crippen molar-refractivity contribution in [1.82, 2.24) is 4.72 Å². The van der Waals surface area contributed by atoms with Crippen molar-refractivity contribution in [1.29, 1.82) is 0 Å². The number of fused-ring (bicyclic) bond motifs is 2. The number of benzene rings is 1. The number of carboxylic acid groups (broad SMARTS) is 1. The number of rotatable bonds is 9. The zero-order valence-electron chi connectivity index (χ0n) is 15.2. The van der Waals surface area contributed by atoms with Crippen LogP contribution in [0.15, 0.2) is 46.3 Å². The highest BCUT2D eigenvalue weighted by Crippen LogP contribution is 2.55. The Morgan fingerprint density at radius 1 is 1.30 bits per heavy atom. The summed E-state index contributed by atoms with van der Waals surface area (Å²) in [6.45, 7) is 4.01. The third kappa shape index (κ3) is 4.46. The molecule has 148 valence electrons. The van der Waals surface area contributed by atoms with Gasteiger partial charge in [-0.15, -0.1) is 6.58 Å². The SMILES string of the molecule is C=CCCC(C(=O)O)[C@H]1[C@H]2CC[C@H](C2)[C@H]1CNS(=O)(=O)c1ccc(Br)cc1. The van der Waals surface area contributed by atoms with Gasteiger partial charge in [-0.1, -0.05) is 22.0 Å². The smallest absolute Gasteiger partial charge is 0.306 e. The molecule has 0 spiro atoms. The van der Waals surface area contributed by atoms with E-state index in [1.165, 1.54) is 0 Å². The Kier molecular flexibility index (Phi) is 6.43. The van der Waals surface area contributed by atoms with E-state index in [0.717, 1.165) is 23.7 Å². The molecule has 0 saturated heterocycles. The first kappa shape index (κ1) is 20.6. The van der Waals surface area contributed by atoms with E-state index in [4.69, 9.17) is 0 Å². The molecule has 2 aliphatic rings. The number of carboxylic acids is 1. The zero-order chi connectivity index (χ0) is 19.6. The number of hydrogen-bond acceptors (Lipinski definition) is 3. The second-order valence-corrected chi connectivity index (χ2v) is 10.4. The van der Waals surface area contributed by atoms with Gasteiger partial charge >= 0.3 is 5.97 Å². The lowest BCUT2D eigenvalue weighted by Gasteiger charge is -2.35. The number of halogens is 1. The van der Waals surface area contributed by atoms with Gasteiger partial charge in [-0.25, -0.2) is 13.1 Å². The van der Waals surface area contributed by atoms with Crippen molar-refractivity contribution in [2.75, 3.05) is 6.54 Å². The van der Waals surface area contributed by atoms with E-state index in [2.05, 4.69) is 27.2 Å². The molecule has 2 bridgehead atoms. The van der Waals surface area contributed by atoms with Crippen LogP contribution < -0.4 is 4.72 Å². The highest BCUT2D eigenvalue weighted by Gasteiger charge is 2.51. The molecule has 0 heterocycles. The van der Waals surface area contributed by atoms with Gasteiger partial charge in [0.2, 0.25) is 10.0 Å². The van der Waals surface area contributed by atoms with Crippen LogP contribution in [0.4, 0.5) is 0 Å². The summed E-state index contributed by atoms with van der Waals surface area (Å²) in [6.07, 6.45) is 6.15. The molecule has 5 atom stereocenters. The molecule has 2 fully saturated rings. The first-order chi connectivity index (χ1) is 12.8. The van der Waals surface area contributed by atoms with Gasteiger partial charge in [0.15, 0.2) is 0 Å². The van der Waals surface area contributed by atoms with Gasteiger partial charge < -0.3 is 5.11 Å². The molecule has 3 rings (SSSR count). The third-order valence-corrected chi connectivity index (χ3v) is 8.22. The van der Waals surface area contributed by atoms with Crippen molar-refractivity contribution < 1.29 is 18.3 Å². The minimum absolute atomic E-state index is 0.0359. The highest BCUT2D eigenvalue weighted by atomic mass is 79.9. The lowest BCUT2D eigenvalue weighted by Crippen LogP contribution is -2.40. The number of hydrogen-bond donors (Lipinski definition) is 2. The fourth-order valence-electron chi connectivity index (χ4n) is 5.07. The summed E-state index contributed by atoms with van der Waals surface area (Å²) in [5.41, 5.74) is 0. The number of sulfonamides is 1. The van der Waals surface area contributed by atoms with Gasteiger partial charge in [-0.3, -0.25) is 4.79 Å². The van der Waals surface area contributed by atoms with Gasteiger partial charge in [0.05, 0.1) is 10.8 Å². The Hall–Kier alpha value is -1.18. The van der Waals surface area contributed by atoms with Crippen LogP contribution in [0.2, 0.25) is 0 Å². The van der Waals surface area contributed by atoms with Crippen LogP contribution in [0.1, 0.15) is 32.1 Å². The molecule has 1 aromatic carbocycles. The third-order valence-electron chi connectivity index (χ3n) is 6.25. The lowest BCUT2D eigenvalue weighted by molar-refractivity contribution is -0.145. The minimum Gasteiger partial charge on any atom is -0.481 e. The molecule has 27 heavy (non-hydrogen) atoms. The second-order valence-electron chi connectivity index (χ2n) is 7.69. The van der Waals surface area contributed by atoms with Gasteiger partial charge in [0, 0.05) is 11.0 Å². The van der Waals surface area contributed by atoms with E-state index in [0.29, 0.717) is 31.2 Å². The van der Waals surface area contributed by atoms with Crippen molar-refractivity contribution in [2.24, 2.45) is 29.6 Å². The maximum atomic E-state index is 12.6. The average Bonchev–Trinajstić information content (AvgIpc) is 3.22. The number of allylic oxidation sites excluding steroid dienone is 1. The summed E-state index contributed by atoms with van der Waals surface area (Å²) in [4.78, 5) is 12.1. The summed E-state index contributed by atoms with van der Waals surface area (Å²) >= 11 is 3.31. The summed E-state index contributed by atoms with van der Waals surface area (Å²) in [7, 11) is -3.60. The van der Waals surface area contributed by atoms with E-state index in [-0.39, 0.29) is 16.7 Å². The average molecular weight is 456 g/mol. The van der Waals surface area contributed by atoms with E-state index >= 15 is 0 Å². The quantitative estimate of drug-likeness (QED) is 0.549. The summed E-state index contributed by atoms with van der Waals surface area (Å²) in [5.74, 6) is -0.273. The van der Waals surface area contributed by atoms with Crippen LogP contribution in [-0.4, -0.2) is 26.0 Å². The van der Waals surface area contributed by atoms with Crippen LogP contribution in [0, 0.1) is 29.6 Å². The van der Waals surface area contributed by atoms with Crippen molar-refractivity contribution in [3.8, 4) is 0 Å². The van der Waals surface area contributed by atoms with Crippen LogP contribution in [0.3, 0.4) is 0 Å². The normalized spacial score (nSPS) is 28.2. The fraction of sp³-hybridized carbons (Fsp3) is 0.550. The van der Waals surface area contributed by atoms with Crippen molar-refractivity contribution in [3.05, 3.63) is 41.4 Å². The molecule has 2 saturated carbocycles. The molecule has 0 aliphatic heterocycles. The Labute approximate surface area is 169 Å². The molecule has 5 nitrogen and oxygen atoms in total. The number of nitrogens with one attached hydrogen (secondary N) is 1. The molecule has 2 N–H and O–H groups in total. The minimum atomic E-state index is -3.60. The summed E-state index contributed by atoms with van der Waals surface area (Å²) < 4.78 is 28.8.